The molecule has 1 rings (SSSR count). The Labute approximate surface area is 122 Å². The van der Waals surface area contributed by atoms with Crippen molar-refractivity contribution >= 4 is 5.91 Å². The minimum absolute atomic E-state index is 0.0501. The molecule has 0 fully saturated rings. The average Bonchev–Trinajstić information content (AvgIpc) is 2.37. The van der Waals surface area contributed by atoms with Crippen LogP contribution in [0.5, 0.6) is 5.75 Å². The second-order valence-electron chi connectivity index (χ2n) is 5.57. The van der Waals surface area contributed by atoms with Crippen LogP contribution in [0.15, 0.2) is 18.2 Å². The smallest absolute Gasteiger partial charge is 0.237 e. The molecule has 20 heavy (non-hydrogen) atoms. The number of nitrogens with one attached hydrogen (secondary N) is 1. The van der Waals surface area contributed by atoms with E-state index in [4.69, 9.17) is 4.74 Å². The Balaban J connectivity index is 2.77. The van der Waals surface area contributed by atoms with Crippen LogP contribution in [0, 0.1) is 6.92 Å². The van der Waals surface area contributed by atoms with Crippen LogP contribution >= 0.6 is 0 Å². The molecule has 0 unspecified atom stereocenters. The summed E-state index contributed by atoms with van der Waals surface area (Å²) in [5.74, 6) is 0.910. The normalized spacial score (nSPS) is 12.6. The summed E-state index contributed by atoms with van der Waals surface area (Å²) in [5.41, 5.74) is 2.28. The largest absolute Gasteiger partial charge is 0.496 e. The van der Waals surface area contributed by atoms with Crippen molar-refractivity contribution in [1.29, 1.82) is 0 Å². The van der Waals surface area contributed by atoms with Crippen molar-refractivity contribution in [3.8, 4) is 5.75 Å². The van der Waals surface area contributed by atoms with Crippen molar-refractivity contribution < 1.29 is 9.53 Å². The van der Waals surface area contributed by atoms with Crippen LogP contribution < -0.4 is 10.1 Å². The Hall–Kier alpha value is -1.55. The third-order valence-corrected chi connectivity index (χ3v) is 3.33. The maximum Gasteiger partial charge on any atom is 0.237 e. The molecular weight excluding hydrogens is 252 g/mol. The van der Waals surface area contributed by atoms with E-state index in [0.717, 1.165) is 11.3 Å². The molecule has 0 aromatic heterocycles. The zero-order chi connectivity index (χ0) is 15.3. The van der Waals surface area contributed by atoms with Gasteiger partial charge in [0.2, 0.25) is 5.91 Å². The molecule has 0 saturated carbocycles. The first-order chi connectivity index (χ1) is 9.35. The van der Waals surface area contributed by atoms with Gasteiger partial charge in [0, 0.05) is 18.2 Å². The van der Waals surface area contributed by atoms with Gasteiger partial charge in [-0.25, -0.2) is 0 Å². The van der Waals surface area contributed by atoms with E-state index in [1.165, 1.54) is 5.56 Å². The average molecular weight is 278 g/mol. The standard InChI is InChI=1S/C16H26N2O2/c1-11(2)17-16(19)13(4)18(5)10-14-9-12(3)7-8-15(14)20-6/h7-9,11,13H,10H2,1-6H3,(H,17,19)/t13-/m1/s1. The topological polar surface area (TPSA) is 41.6 Å². The second kappa shape index (κ2) is 7.29. The third kappa shape index (κ3) is 4.53. The van der Waals surface area contributed by atoms with E-state index >= 15 is 0 Å². The number of rotatable bonds is 6. The lowest BCUT2D eigenvalue weighted by Gasteiger charge is -2.25. The molecule has 0 spiro atoms. The molecule has 0 aliphatic carbocycles. The molecule has 0 aliphatic heterocycles. The number of ether oxygens (including phenoxy) is 1. The molecule has 1 N–H and O–H groups in total. The summed E-state index contributed by atoms with van der Waals surface area (Å²) in [6.07, 6.45) is 0. The lowest BCUT2D eigenvalue weighted by atomic mass is 10.1. The van der Waals surface area contributed by atoms with Gasteiger partial charge in [0.25, 0.3) is 0 Å². The predicted octanol–water partition coefficient (Wildman–Crippen LogP) is 2.35. The van der Waals surface area contributed by atoms with E-state index in [1.54, 1.807) is 7.11 Å². The minimum atomic E-state index is -0.178. The quantitative estimate of drug-likeness (QED) is 0.868. The van der Waals surface area contributed by atoms with Crippen molar-refractivity contribution in [2.75, 3.05) is 14.2 Å². The molecule has 1 aromatic carbocycles. The highest BCUT2D eigenvalue weighted by Gasteiger charge is 2.19. The predicted molar refractivity (Wildman–Crippen MR) is 81.9 cm³/mol. The summed E-state index contributed by atoms with van der Waals surface area (Å²) in [5, 5.41) is 2.94. The minimum Gasteiger partial charge on any atom is -0.496 e. The van der Waals surface area contributed by atoms with Crippen LogP contribution in [-0.2, 0) is 11.3 Å². The van der Waals surface area contributed by atoms with E-state index in [0.29, 0.717) is 6.54 Å². The van der Waals surface area contributed by atoms with Gasteiger partial charge in [-0.1, -0.05) is 17.7 Å². The number of carbonyl (C=O) groups excluding carboxylic acids is 1. The van der Waals surface area contributed by atoms with Gasteiger partial charge < -0.3 is 10.1 Å². The Bertz CT molecular complexity index is 458. The fraction of sp³-hybridized carbons (Fsp3) is 0.562. The van der Waals surface area contributed by atoms with Crippen molar-refractivity contribution in [2.24, 2.45) is 0 Å². The van der Waals surface area contributed by atoms with E-state index in [9.17, 15) is 4.79 Å². The molecule has 1 aromatic rings. The van der Waals surface area contributed by atoms with Crippen molar-refractivity contribution in [3.63, 3.8) is 0 Å². The molecule has 0 heterocycles. The fourth-order valence-corrected chi connectivity index (χ4v) is 2.04. The number of likely N-dealkylation sites (N-methyl/N-ethyl adjacent to an activating group) is 1. The molecule has 0 saturated heterocycles. The fourth-order valence-electron chi connectivity index (χ4n) is 2.04. The number of carbonyl (C=O) groups is 1. The van der Waals surface area contributed by atoms with Crippen molar-refractivity contribution in [1.82, 2.24) is 10.2 Å². The van der Waals surface area contributed by atoms with E-state index in [1.807, 2.05) is 44.9 Å². The van der Waals surface area contributed by atoms with Gasteiger partial charge in [-0.15, -0.1) is 0 Å². The lowest BCUT2D eigenvalue weighted by Crippen LogP contribution is -2.45. The van der Waals surface area contributed by atoms with Crippen LogP contribution in [0.2, 0.25) is 0 Å². The molecular formula is C16H26N2O2. The molecule has 0 radical (unpaired) electrons. The van der Waals surface area contributed by atoms with Gasteiger partial charge in [0.1, 0.15) is 5.75 Å². The molecule has 4 nitrogen and oxygen atoms in total. The van der Waals surface area contributed by atoms with E-state index in [2.05, 4.69) is 18.3 Å². The number of hydrogen-bond donors (Lipinski definition) is 1. The van der Waals surface area contributed by atoms with Crippen LogP contribution in [0.25, 0.3) is 0 Å². The Morgan fingerprint density at radius 1 is 1.35 bits per heavy atom. The summed E-state index contributed by atoms with van der Waals surface area (Å²) in [4.78, 5) is 14.0. The van der Waals surface area contributed by atoms with Crippen LogP contribution in [0.4, 0.5) is 0 Å². The number of hydrogen-bond acceptors (Lipinski definition) is 3. The molecule has 112 valence electrons. The maximum atomic E-state index is 12.0. The molecule has 1 amide bonds. The maximum absolute atomic E-state index is 12.0. The zero-order valence-corrected chi connectivity index (χ0v) is 13.4. The summed E-state index contributed by atoms with van der Waals surface area (Å²) in [6, 6.07) is 6.08. The first-order valence-electron chi connectivity index (χ1n) is 6.99. The highest BCUT2D eigenvalue weighted by molar-refractivity contribution is 5.81. The van der Waals surface area contributed by atoms with E-state index in [-0.39, 0.29) is 18.0 Å². The summed E-state index contributed by atoms with van der Waals surface area (Å²) in [7, 11) is 3.62. The van der Waals surface area contributed by atoms with Gasteiger partial charge >= 0.3 is 0 Å². The monoisotopic (exact) mass is 278 g/mol. The Morgan fingerprint density at radius 2 is 2.00 bits per heavy atom. The summed E-state index contributed by atoms with van der Waals surface area (Å²) >= 11 is 0. The molecule has 0 aliphatic rings. The highest BCUT2D eigenvalue weighted by Crippen LogP contribution is 2.21. The van der Waals surface area contributed by atoms with E-state index < -0.39 is 0 Å². The molecule has 0 bridgehead atoms. The van der Waals surface area contributed by atoms with Gasteiger partial charge in [-0.2, -0.15) is 0 Å². The van der Waals surface area contributed by atoms with Gasteiger partial charge in [-0.3, -0.25) is 9.69 Å². The van der Waals surface area contributed by atoms with Crippen molar-refractivity contribution in [2.45, 2.75) is 46.3 Å². The van der Waals surface area contributed by atoms with Gasteiger partial charge in [0.15, 0.2) is 0 Å². The number of nitrogens with zero attached hydrogens (tertiary/aromatic N) is 1. The van der Waals surface area contributed by atoms with Crippen LogP contribution in [0.1, 0.15) is 31.9 Å². The SMILES string of the molecule is COc1ccc(C)cc1CN(C)[C@H](C)C(=O)NC(C)C. The summed E-state index contributed by atoms with van der Waals surface area (Å²) < 4.78 is 5.38. The molecule has 4 heteroatoms. The number of benzene rings is 1. The first-order valence-corrected chi connectivity index (χ1v) is 6.99. The number of aryl methyl sites for hydroxylation is 1. The van der Waals surface area contributed by atoms with Gasteiger partial charge in [-0.05, 0) is 40.8 Å². The third-order valence-electron chi connectivity index (χ3n) is 3.33. The Kier molecular flexibility index (Phi) is 6.02. The van der Waals surface area contributed by atoms with Crippen LogP contribution in [0.3, 0.4) is 0 Å². The van der Waals surface area contributed by atoms with Crippen molar-refractivity contribution in [3.05, 3.63) is 29.3 Å². The Morgan fingerprint density at radius 3 is 2.55 bits per heavy atom. The zero-order valence-electron chi connectivity index (χ0n) is 13.4. The first kappa shape index (κ1) is 16.5. The highest BCUT2D eigenvalue weighted by atomic mass is 16.5. The number of methoxy groups -OCH3 is 1. The van der Waals surface area contributed by atoms with Gasteiger partial charge in [0.05, 0.1) is 13.2 Å². The number of amides is 1. The second-order valence-corrected chi connectivity index (χ2v) is 5.57. The van der Waals surface area contributed by atoms with Crippen LogP contribution in [-0.4, -0.2) is 37.0 Å². The summed E-state index contributed by atoms with van der Waals surface area (Å²) in [6.45, 7) is 8.58. The molecule has 1 atom stereocenters. The lowest BCUT2D eigenvalue weighted by molar-refractivity contribution is -0.126.